The predicted molar refractivity (Wildman–Crippen MR) is 102 cm³/mol. The predicted octanol–water partition coefficient (Wildman–Crippen LogP) is 3.25. The number of carbonyl (C=O) groups is 1. The highest BCUT2D eigenvalue weighted by molar-refractivity contribution is 6.30. The van der Waals surface area contributed by atoms with Crippen LogP contribution in [0.2, 0.25) is 5.02 Å². The summed E-state index contributed by atoms with van der Waals surface area (Å²) in [5, 5.41) is 3.69. The molecule has 1 aliphatic rings. The molecule has 0 bridgehead atoms. The fourth-order valence-corrected chi connectivity index (χ4v) is 3.09. The van der Waals surface area contributed by atoms with Crippen molar-refractivity contribution in [3.8, 4) is 11.5 Å². The highest BCUT2D eigenvalue weighted by atomic mass is 35.5. The Labute approximate surface area is 158 Å². The van der Waals surface area contributed by atoms with Gasteiger partial charge in [-0.2, -0.15) is 0 Å². The van der Waals surface area contributed by atoms with Crippen molar-refractivity contribution in [1.29, 1.82) is 0 Å². The number of fused-ring (bicyclic) bond motifs is 1. The van der Waals surface area contributed by atoms with E-state index in [2.05, 4.69) is 10.2 Å². The van der Waals surface area contributed by atoms with E-state index in [-0.39, 0.29) is 12.7 Å². The Balaban J connectivity index is 1.46. The molecule has 0 radical (unpaired) electrons. The first kappa shape index (κ1) is 18.5. The van der Waals surface area contributed by atoms with Crippen LogP contribution >= 0.6 is 11.6 Å². The Morgan fingerprint density at radius 2 is 2.00 bits per heavy atom. The molecular formula is C20H23ClN2O3. The first-order valence-corrected chi connectivity index (χ1v) is 9.14. The van der Waals surface area contributed by atoms with Crippen molar-refractivity contribution in [1.82, 2.24) is 10.2 Å². The van der Waals surface area contributed by atoms with E-state index in [4.69, 9.17) is 21.1 Å². The van der Waals surface area contributed by atoms with Crippen molar-refractivity contribution < 1.29 is 14.3 Å². The average molecular weight is 375 g/mol. The Morgan fingerprint density at radius 1 is 1.15 bits per heavy atom. The maximum Gasteiger partial charge on any atom is 0.234 e. The van der Waals surface area contributed by atoms with Crippen molar-refractivity contribution in [2.45, 2.75) is 19.9 Å². The third-order valence-electron chi connectivity index (χ3n) is 4.28. The van der Waals surface area contributed by atoms with Gasteiger partial charge in [0.05, 0.1) is 6.54 Å². The number of hydrogen-bond donors (Lipinski definition) is 1. The zero-order valence-corrected chi connectivity index (χ0v) is 15.6. The normalized spacial score (nSPS) is 12.4. The van der Waals surface area contributed by atoms with Crippen LogP contribution in [0.4, 0.5) is 0 Å². The van der Waals surface area contributed by atoms with Gasteiger partial charge in [0.1, 0.15) is 0 Å². The summed E-state index contributed by atoms with van der Waals surface area (Å²) in [4.78, 5) is 14.3. The van der Waals surface area contributed by atoms with E-state index >= 15 is 0 Å². The first-order valence-electron chi connectivity index (χ1n) is 8.76. The van der Waals surface area contributed by atoms with Gasteiger partial charge < -0.3 is 14.8 Å². The molecule has 0 saturated heterocycles. The number of halogens is 1. The summed E-state index contributed by atoms with van der Waals surface area (Å²) >= 11 is 5.98. The third-order valence-corrected chi connectivity index (χ3v) is 4.52. The Kier molecular flexibility index (Phi) is 6.36. The van der Waals surface area contributed by atoms with Crippen LogP contribution in [0.3, 0.4) is 0 Å². The minimum atomic E-state index is 0.0228. The van der Waals surface area contributed by atoms with Crippen LogP contribution < -0.4 is 14.8 Å². The van der Waals surface area contributed by atoms with Gasteiger partial charge in [0.15, 0.2) is 11.5 Å². The quantitative estimate of drug-likeness (QED) is 0.770. The fourth-order valence-electron chi connectivity index (χ4n) is 2.87. The van der Waals surface area contributed by atoms with Gasteiger partial charge in [-0.05, 0) is 48.4 Å². The van der Waals surface area contributed by atoms with Crippen LogP contribution in [0.15, 0.2) is 42.5 Å². The van der Waals surface area contributed by atoms with Crippen molar-refractivity contribution in [2.75, 3.05) is 26.4 Å². The summed E-state index contributed by atoms with van der Waals surface area (Å²) in [6.45, 7) is 4.75. The number of nitrogens with zero attached hydrogens (tertiary/aromatic N) is 1. The van der Waals surface area contributed by atoms with Gasteiger partial charge in [0.2, 0.25) is 12.7 Å². The molecule has 5 nitrogen and oxygen atoms in total. The minimum Gasteiger partial charge on any atom is -0.454 e. The molecule has 0 aliphatic carbocycles. The second-order valence-corrected chi connectivity index (χ2v) is 6.66. The van der Waals surface area contributed by atoms with Crippen molar-refractivity contribution in [2.24, 2.45) is 0 Å². The average Bonchev–Trinajstić information content (AvgIpc) is 3.09. The Hall–Kier alpha value is -2.24. The van der Waals surface area contributed by atoms with E-state index in [0.29, 0.717) is 19.6 Å². The number of nitrogens with one attached hydrogen (secondary N) is 1. The smallest absolute Gasteiger partial charge is 0.234 e. The van der Waals surface area contributed by atoms with Gasteiger partial charge in [-0.1, -0.05) is 36.7 Å². The number of ether oxygens (including phenoxy) is 2. The zero-order chi connectivity index (χ0) is 18.4. The van der Waals surface area contributed by atoms with Gasteiger partial charge in [-0.15, -0.1) is 0 Å². The molecule has 0 saturated carbocycles. The van der Waals surface area contributed by atoms with Gasteiger partial charge in [-0.25, -0.2) is 0 Å². The topological polar surface area (TPSA) is 50.8 Å². The molecule has 138 valence electrons. The molecule has 6 heteroatoms. The molecule has 0 spiro atoms. The Morgan fingerprint density at radius 3 is 2.81 bits per heavy atom. The van der Waals surface area contributed by atoms with E-state index in [9.17, 15) is 4.79 Å². The van der Waals surface area contributed by atoms with E-state index in [1.54, 1.807) is 0 Å². The Bertz CT molecular complexity index is 766. The van der Waals surface area contributed by atoms with Crippen LogP contribution in [0.25, 0.3) is 0 Å². The van der Waals surface area contributed by atoms with Crippen molar-refractivity contribution >= 4 is 17.5 Å². The summed E-state index contributed by atoms with van der Waals surface area (Å²) in [5.41, 5.74) is 2.22. The number of hydrogen-bond acceptors (Lipinski definition) is 4. The van der Waals surface area contributed by atoms with E-state index in [1.807, 2.05) is 49.4 Å². The lowest BCUT2D eigenvalue weighted by Crippen LogP contribution is -2.37. The molecular weight excluding hydrogens is 352 g/mol. The summed E-state index contributed by atoms with van der Waals surface area (Å²) < 4.78 is 10.7. The minimum absolute atomic E-state index is 0.0228. The molecule has 1 aliphatic heterocycles. The molecule has 2 aromatic rings. The maximum absolute atomic E-state index is 12.2. The molecule has 1 N–H and O–H groups in total. The van der Waals surface area contributed by atoms with Crippen LogP contribution in [-0.2, 0) is 17.8 Å². The summed E-state index contributed by atoms with van der Waals surface area (Å²) in [6.07, 6.45) is 0.764. The molecule has 1 amide bonds. The van der Waals surface area contributed by atoms with Crippen LogP contribution in [0, 0.1) is 0 Å². The molecule has 26 heavy (non-hydrogen) atoms. The number of carbonyl (C=O) groups excluding carboxylic acids is 1. The van der Waals surface area contributed by atoms with E-state index in [0.717, 1.165) is 40.6 Å². The molecule has 3 rings (SSSR count). The molecule has 0 atom stereocenters. The van der Waals surface area contributed by atoms with E-state index in [1.165, 1.54) is 0 Å². The van der Waals surface area contributed by atoms with Gasteiger partial charge in [0, 0.05) is 18.1 Å². The van der Waals surface area contributed by atoms with Crippen LogP contribution in [-0.4, -0.2) is 37.2 Å². The summed E-state index contributed by atoms with van der Waals surface area (Å²) in [6, 6.07) is 13.6. The van der Waals surface area contributed by atoms with Crippen molar-refractivity contribution in [3.05, 3.63) is 58.6 Å². The van der Waals surface area contributed by atoms with Crippen molar-refractivity contribution in [3.63, 3.8) is 0 Å². The molecule has 1 heterocycles. The summed E-state index contributed by atoms with van der Waals surface area (Å²) in [5.74, 6) is 1.56. The fraction of sp³-hybridized carbons (Fsp3) is 0.350. The standard InChI is InChI=1S/C20H23ClN2O3/c1-2-23(12-16-6-7-18-19(11-16)26-14-25-18)13-20(24)22-9-8-15-4-3-5-17(21)10-15/h3-7,10-11H,2,8-9,12-14H2,1H3,(H,22,24). The second kappa shape index (κ2) is 8.92. The monoisotopic (exact) mass is 374 g/mol. The number of rotatable bonds is 8. The highest BCUT2D eigenvalue weighted by Crippen LogP contribution is 2.32. The lowest BCUT2D eigenvalue weighted by atomic mass is 10.1. The lowest BCUT2D eigenvalue weighted by Gasteiger charge is -2.20. The molecule has 2 aromatic carbocycles. The maximum atomic E-state index is 12.2. The second-order valence-electron chi connectivity index (χ2n) is 6.22. The highest BCUT2D eigenvalue weighted by Gasteiger charge is 2.15. The van der Waals surface area contributed by atoms with Crippen LogP contribution in [0.5, 0.6) is 11.5 Å². The van der Waals surface area contributed by atoms with Gasteiger partial charge in [0.25, 0.3) is 0 Å². The molecule has 0 fully saturated rings. The third kappa shape index (κ3) is 5.13. The van der Waals surface area contributed by atoms with Gasteiger partial charge >= 0.3 is 0 Å². The van der Waals surface area contributed by atoms with E-state index < -0.39 is 0 Å². The first-order chi connectivity index (χ1) is 12.6. The van der Waals surface area contributed by atoms with Crippen LogP contribution in [0.1, 0.15) is 18.1 Å². The number of benzene rings is 2. The SMILES string of the molecule is CCN(CC(=O)NCCc1cccc(Cl)c1)Cc1ccc2c(c1)OCO2. The molecule has 0 aromatic heterocycles. The number of amides is 1. The largest absolute Gasteiger partial charge is 0.454 e. The summed E-state index contributed by atoms with van der Waals surface area (Å²) in [7, 11) is 0. The lowest BCUT2D eigenvalue weighted by molar-refractivity contribution is -0.122. The number of likely N-dealkylation sites (N-methyl/N-ethyl adjacent to an activating group) is 1. The van der Waals surface area contributed by atoms with Gasteiger partial charge in [-0.3, -0.25) is 9.69 Å². The zero-order valence-electron chi connectivity index (χ0n) is 14.8. The molecule has 0 unspecified atom stereocenters.